The van der Waals surface area contributed by atoms with E-state index < -0.39 is 5.60 Å². The number of hydrogen-bond donors (Lipinski definition) is 2. The van der Waals surface area contributed by atoms with Gasteiger partial charge in [-0.15, -0.1) is 35.3 Å². The average molecular weight is 440 g/mol. The number of carbonyl (C=O) groups excluding carboxylic acids is 1. The zero-order valence-corrected chi connectivity index (χ0v) is 17.1. The van der Waals surface area contributed by atoms with Crippen LogP contribution in [-0.4, -0.2) is 36.1 Å². The number of nitrogens with zero attached hydrogens (tertiary/aromatic N) is 2. The Hall–Kier alpha value is -0.900. The van der Waals surface area contributed by atoms with Crippen LogP contribution in [0.25, 0.3) is 0 Å². The molecule has 1 heterocycles. The van der Waals surface area contributed by atoms with Crippen molar-refractivity contribution in [1.82, 2.24) is 15.6 Å². The summed E-state index contributed by atoms with van der Waals surface area (Å²) in [6.07, 6.45) is 0. The monoisotopic (exact) mass is 440 g/mol. The van der Waals surface area contributed by atoms with Crippen LogP contribution in [0.4, 0.5) is 0 Å². The Kier molecular flexibility index (Phi) is 8.91. The van der Waals surface area contributed by atoms with Crippen LogP contribution >= 0.6 is 35.3 Å². The first-order chi connectivity index (χ1) is 9.71. The van der Waals surface area contributed by atoms with Crippen LogP contribution in [0.5, 0.6) is 0 Å². The summed E-state index contributed by atoms with van der Waals surface area (Å²) in [4.78, 5) is 21.2. The predicted molar refractivity (Wildman–Crippen MR) is 101 cm³/mol. The second-order valence-corrected chi connectivity index (χ2v) is 6.89. The van der Waals surface area contributed by atoms with Crippen molar-refractivity contribution >= 4 is 47.2 Å². The van der Waals surface area contributed by atoms with Gasteiger partial charge in [0.05, 0.1) is 17.2 Å². The van der Waals surface area contributed by atoms with E-state index >= 15 is 0 Å². The summed E-state index contributed by atoms with van der Waals surface area (Å²) in [5.74, 6) is 0.251. The third kappa shape index (κ3) is 7.92. The summed E-state index contributed by atoms with van der Waals surface area (Å²) in [5.41, 5.74) is 0.542. The summed E-state index contributed by atoms with van der Waals surface area (Å²) >= 11 is 1.65. The molecule has 0 aliphatic rings. The molecule has 0 spiro atoms. The first-order valence-electron chi connectivity index (χ1n) is 6.80. The topological polar surface area (TPSA) is 75.6 Å². The van der Waals surface area contributed by atoms with Gasteiger partial charge >= 0.3 is 5.97 Å². The molecular formula is C14H25IN4O2S. The highest BCUT2D eigenvalue weighted by atomic mass is 127. The fourth-order valence-electron chi connectivity index (χ4n) is 1.66. The molecule has 6 nitrogen and oxygen atoms in total. The molecule has 0 atom stereocenters. The van der Waals surface area contributed by atoms with Gasteiger partial charge in [0.2, 0.25) is 0 Å². The minimum Gasteiger partial charge on any atom is -0.459 e. The van der Waals surface area contributed by atoms with E-state index in [0.29, 0.717) is 12.5 Å². The quantitative estimate of drug-likeness (QED) is 0.326. The lowest BCUT2D eigenvalue weighted by Crippen LogP contribution is -2.41. The molecule has 1 aromatic heterocycles. The number of hydrogen-bond acceptors (Lipinski definition) is 5. The van der Waals surface area contributed by atoms with E-state index in [9.17, 15) is 4.79 Å². The SMILES string of the molecule is CN=C(NCC(=O)OC(C)(C)C)NCc1sc(C)nc1C.I. The van der Waals surface area contributed by atoms with Crippen LogP contribution < -0.4 is 10.6 Å². The number of carbonyl (C=O) groups is 1. The van der Waals surface area contributed by atoms with E-state index in [4.69, 9.17) is 4.74 Å². The zero-order chi connectivity index (χ0) is 16.0. The molecule has 2 N–H and O–H groups in total. The number of ether oxygens (including phenoxy) is 1. The smallest absolute Gasteiger partial charge is 0.325 e. The summed E-state index contributed by atoms with van der Waals surface area (Å²) in [7, 11) is 1.66. The van der Waals surface area contributed by atoms with Gasteiger partial charge in [0.1, 0.15) is 12.1 Å². The van der Waals surface area contributed by atoms with E-state index in [1.807, 2.05) is 34.6 Å². The minimum absolute atomic E-state index is 0. The van der Waals surface area contributed by atoms with Crippen molar-refractivity contribution in [3.63, 3.8) is 0 Å². The molecule has 0 aliphatic heterocycles. The second-order valence-electron chi connectivity index (χ2n) is 5.61. The Labute approximate surface area is 153 Å². The number of rotatable bonds is 4. The Morgan fingerprint density at radius 2 is 1.95 bits per heavy atom. The highest BCUT2D eigenvalue weighted by Crippen LogP contribution is 2.16. The van der Waals surface area contributed by atoms with Crippen LogP contribution in [0, 0.1) is 13.8 Å². The van der Waals surface area contributed by atoms with Gasteiger partial charge in [-0.2, -0.15) is 0 Å². The van der Waals surface area contributed by atoms with Crippen molar-refractivity contribution in [1.29, 1.82) is 0 Å². The van der Waals surface area contributed by atoms with E-state index in [1.54, 1.807) is 18.4 Å². The van der Waals surface area contributed by atoms with Gasteiger partial charge in [0.25, 0.3) is 0 Å². The number of halogens is 1. The van der Waals surface area contributed by atoms with Gasteiger partial charge in [-0.1, -0.05) is 0 Å². The molecule has 0 radical (unpaired) electrons. The van der Waals surface area contributed by atoms with Crippen molar-refractivity contribution < 1.29 is 9.53 Å². The van der Waals surface area contributed by atoms with Gasteiger partial charge in [-0.25, -0.2) is 4.98 Å². The molecule has 0 saturated carbocycles. The Bertz CT molecular complexity index is 523. The number of guanidine groups is 1. The molecule has 8 heteroatoms. The van der Waals surface area contributed by atoms with Crippen LogP contribution in [0.15, 0.2) is 4.99 Å². The van der Waals surface area contributed by atoms with Gasteiger partial charge in [-0.3, -0.25) is 9.79 Å². The number of aliphatic imine (C=N–C) groups is 1. The zero-order valence-electron chi connectivity index (χ0n) is 13.9. The van der Waals surface area contributed by atoms with Gasteiger partial charge in [0, 0.05) is 11.9 Å². The van der Waals surface area contributed by atoms with Gasteiger partial charge in [0.15, 0.2) is 5.96 Å². The number of aromatic nitrogens is 1. The lowest BCUT2D eigenvalue weighted by Gasteiger charge is -2.20. The standard InChI is InChI=1S/C14H24N4O2S.HI/c1-9-11(21-10(2)18-9)7-16-13(15-6)17-8-12(19)20-14(3,4)5;/h7-8H2,1-6H3,(H2,15,16,17);1H. The lowest BCUT2D eigenvalue weighted by atomic mass is 10.2. The highest BCUT2D eigenvalue weighted by molar-refractivity contribution is 14.0. The van der Waals surface area contributed by atoms with E-state index in [2.05, 4.69) is 20.6 Å². The van der Waals surface area contributed by atoms with Gasteiger partial charge in [-0.05, 0) is 34.6 Å². The Morgan fingerprint density at radius 3 is 2.41 bits per heavy atom. The third-order valence-corrected chi connectivity index (χ3v) is 3.53. The molecule has 0 amide bonds. The summed E-state index contributed by atoms with van der Waals surface area (Å²) in [6.45, 7) is 10.2. The van der Waals surface area contributed by atoms with Crippen LogP contribution in [0.1, 0.15) is 36.3 Å². The first kappa shape index (κ1) is 21.1. The molecule has 1 rings (SSSR count). The van der Waals surface area contributed by atoms with E-state index in [0.717, 1.165) is 15.6 Å². The normalized spacial score (nSPS) is 11.6. The van der Waals surface area contributed by atoms with Gasteiger partial charge < -0.3 is 15.4 Å². The Morgan fingerprint density at radius 1 is 1.32 bits per heavy atom. The number of aryl methyl sites for hydroxylation is 2. The van der Waals surface area contributed by atoms with E-state index in [1.165, 1.54) is 0 Å². The maximum absolute atomic E-state index is 11.6. The molecule has 126 valence electrons. The predicted octanol–water partition coefficient (Wildman–Crippen LogP) is 2.38. The molecule has 0 aliphatic carbocycles. The Balaban J connectivity index is 0.00000441. The third-order valence-electron chi connectivity index (χ3n) is 2.46. The molecule has 1 aromatic rings. The van der Waals surface area contributed by atoms with Crippen molar-refractivity contribution in [2.75, 3.05) is 13.6 Å². The van der Waals surface area contributed by atoms with Crippen molar-refractivity contribution in [2.45, 2.75) is 46.8 Å². The van der Waals surface area contributed by atoms with Crippen LogP contribution in [0.3, 0.4) is 0 Å². The molecule has 0 unspecified atom stereocenters. The van der Waals surface area contributed by atoms with E-state index in [-0.39, 0.29) is 36.5 Å². The summed E-state index contributed by atoms with van der Waals surface area (Å²) < 4.78 is 5.23. The van der Waals surface area contributed by atoms with Crippen LogP contribution in [0.2, 0.25) is 0 Å². The number of thiazole rings is 1. The molecule has 0 bridgehead atoms. The largest absolute Gasteiger partial charge is 0.459 e. The second kappa shape index (κ2) is 9.29. The molecule has 22 heavy (non-hydrogen) atoms. The van der Waals surface area contributed by atoms with Crippen LogP contribution in [-0.2, 0) is 16.1 Å². The fraction of sp³-hybridized carbons (Fsp3) is 0.643. The van der Waals surface area contributed by atoms with Crippen molar-refractivity contribution in [2.24, 2.45) is 4.99 Å². The lowest BCUT2D eigenvalue weighted by molar-refractivity contribution is -0.153. The summed E-state index contributed by atoms with van der Waals surface area (Å²) in [6, 6.07) is 0. The molecule has 0 aromatic carbocycles. The maximum atomic E-state index is 11.6. The first-order valence-corrected chi connectivity index (χ1v) is 7.62. The summed E-state index contributed by atoms with van der Waals surface area (Å²) in [5, 5.41) is 7.14. The number of esters is 1. The molecule has 0 fully saturated rings. The molecular weight excluding hydrogens is 415 g/mol. The maximum Gasteiger partial charge on any atom is 0.325 e. The molecule has 0 saturated heterocycles. The average Bonchev–Trinajstić information content (AvgIpc) is 2.66. The minimum atomic E-state index is -0.479. The van der Waals surface area contributed by atoms with Crippen molar-refractivity contribution in [3.8, 4) is 0 Å². The fourth-order valence-corrected chi connectivity index (χ4v) is 2.53. The number of nitrogens with one attached hydrogen (secondary N) is 2. The van der Waals surface area contributed by atoms with Crippen molar-refractivity contribution in [3.05, 3.63) is 15.6 Å². The highest BCUT2D eigenvalue weighted by Gasteiger charge is 2.16.